The predicted octanol–water partition coefficient (Wildman–Crippen LogP) is 3.66. The molecule has 0 atom stereocenters. The Hall–Kier alpha value is -3.08. The van der Waals surface area contributed by atoms with Crippen LogP contribution in [0.3, 0.4) is 0 Å². The second-order valence-corrected chi connectivity index (χ2v) is 5.27. The van der Waals surface area contributed by atoms with Gasteiger partial charge in [0, 0.05) is 22.8 Å². The fourth-order valence-corrected chi connectivity index (χ4v) is 2.27. The topological polar surface area (TPSA) is 61.8 Å². The molecule has 0 N–H and O–H groups in total. The van der Waals surface area contributed by atoms with Crippen LogP contribution in [0.2, 0.25) is 0 Å². The predicted molar refractivity (Wildman–Crippen MR) is 94.8 cm³/mol. The number of methoxy groups -OCH3 is 2. The molecule has 0 aliphatic carbocycles. The van der Waals surface area contributed by atoms with Gasteiger partial charge in [-0.1, -0.05) is 18.2 Å². The average molecular weight is 340 g/mol. The van der Waals surface area contributed by atoms with Crippen molar-refractivity contribution in [3.8, 4) is 11.5 Å². The highest BCUT2D eigenvalue weighted by molar-refractivity contribution is 5.94. The van der Waals surface area contributed by atoms with E-state index in [-0.39, 0.29) is 12.4 Å². The Morgan fingerprint density at radius 2 is 1.72 bits per heavy atom. The number of esters is 1. The van der Waals surface area contributed by atoms with Gasteiger partial charge in [-0.15, -0.1) is 0 Å². The molecule has 0 fully saturated rings. The van der Waals surface area contributed by atoms with Gasteiger partial charge in [0.05, 0.1) is 14.2 Å². The molecule has 0 saturated heterocycles. The first-order valence-electron chi connectivity index (χ1n) is 7.71. The van der Waals surface area contributed by atoms with Crippen molar-refractivity contribution in [2.75, 3.05) is 14.2 Å². The zero-order valence-corrected chi connectivity index (χ0v) is 14.4. The summed E-state index contributed by atoms with van der Waals surface area (Å²) < 4.78 is 15.7. The third-order valence-electron chi connectivity index (χ3n) is 3.59. The molecule has 0 aromatic heterocycles. The number of carbonyl (C=O) groups is 2. The van der Waals surface area contributed by atoms with Crippen LogP contribution >= 0.6 is 0 Å². The van der Waals surface area contributed by atoms with E-state index in [1.807, 2.05) is 24.3 Å². The lowest BCUT2D eigenvalue weighted by molar-refractivity contribution is -0.138. The van der Waals surface area contributed by atoms with Crippen LogP contribution in [0.4, 0.5) is 0 Å². The maximum Gasteiger partial charge on any atom is 0.331 e. The number of ether oxygens (including phenoxy) is 3. The minimum atomic E-state index is -0.499. The van der Waals surface area contributed by atoms with Crippen LogP contribution in [0.15, 0.2) is 48.5 Å². The highest BCUT2D eigenvalue weighted by atomic mass is 16.5. The quantitative estimate of drug-likeness (QED) is 0.437. The first kappa shape index (κ1) is 18.3. The number of ketones is 1. The van der Waals surface area contributed by atoms with Gasteiger partial charge in [-0.25, -0.2) is 4.79 Å². The van der Waals surface area contributed by atoms with E-state index in [0.29, 0.717) is 22.6 Å². The molecular weight excluding hydrogens is 320 g/mol. The summed E-state index contributed by atoms with van der Waals surface area (Å²) in [6.07, 6.45) is 2.96. The molecule has 2 aromatic carbocycles. The van der Waals surface area contributed by atoms with Crippen molar-refractivity contribution >= 4 is 17.8 Å². The largest absolute Gasteiger partial charge is 0.496 e. The summed E-state index contributed by atoms with van der Waals surface area (Å²) in [5.41, 5.74) is 1.95. The second kappa shape index (κ2) is 8.68. The molecule has 0 unspecified atom stereocenters. The van der Waals surface area contributed by atoms with Crippen molar-refractivity contribution < 1.29 is 23.8 Å². The summed E-state index contributed by atoms with van der Waals surface area (Å²) >= 11 is 0. The molecule has 0 radical (unpaired) electrons. The summed E-state index contributed by atoms with van der Waals surface area (Å²) in [7, 11) is 3.09. The molecule has 0 saturated carbocycles. The maximum absolute atomic E-state index is 12.0. The summed E-state index contributed by atoms with van der Waals surface area (Å²) in [4.78, 5) is 23.4. The minimum Gasteiger partial charge on any atom is -0.496 e. The van der Waals surface area contributed by atoms with Gasteiger partial charge in [0.25, 0.3) is 0 Å². The molecule has 0 spiro atoms. The normalized spacial score (nSPS) is 10.5. The van der Waals surface area contributed by atoms with E-state index in [0.717, 1.165) is 5.56 Å². The molecule has 0 heterocycles. The SMILES string of the molecule is COc1ccccc1C=CC(=O)OCc1cc(C(C)=O)ccc1OC. The van der Waals surface area contributed by atoms with Crippen LogP contribution < -0.4 is 9.47 Å². The molecule has 5 nitrogen and oxygen atoms in total. The minimum absolute atomic E-state index is 0.0133. The van der Waals surface area contributed by atoms with E-state index in [2.05, 4.69) is 0 Å². The standard InChI is InChI=1S/C20H20O5/c1-14(21)16-8-10-19(24-3)17(12-16)13-25-20(22)11-9-15-6-4-5-7-18(15)23-2/h4-12H,13H2,1-3H3. The fraction of sp³-hybridized carbons (Fsp3) is 0.200. The number of hydrogen-bond acceptors (Lipinski definition) is 5. The maximum atomic E-state index is 12.0. The molecule has 25 heavy (non-hydrogen) atoms. The molecule has 0 aliphatic rings. The van der Waals surface area contributed by atoms with Crippen LogP contribution in [-0.2, 0) is 16.1 Å². The Morgan fingerprint density at radius 3 is 2.40 bits per heavy atom. The van der Waals surface area contributed by atoms with E-state index in [4.69, 9.17) is 14.2 Å². The first-order valence-corrected chi connectivity index (χ1v) is 7.71. The van der Waals surface area contributed by atoms with E-state index in [1.54, 1.807) is 31.4 Å². The fourth-order valence-electron chi connectivity index (χ4n) is 2.27. The van der Waals surface area contributed by atoms with Gasteiger partial charge >= 0.3 is 5.97 Å². The lowest BCUT2D eigenvalue weighted by atomic mass is 10.1. The monoisotopic (exact) mass is 340 g/mol. The van der Waals surface area contributed by atoms with Crippen molar-refractivity contribution in [3.05, 3.63) is 65.2 Å². The van der Waals surface area contributed by atoms with E-state index in [9.17, 15) is 9.59 Å². The van der Waals surface area contributed by atoms with Crippen molar-refractivity contribution in [2.45, 2.75) is 13.5 Å². The van der Waals surface area contributed by atoms with Crippen LogP contribution in [0.25, 0.3) is 6.08 Å². The zero-order valence-electron chi connectivity index (χ0n) is 14.4. The lowest BCUT2D eigenvalue weighted by Gasteiger charge is -2.10. The summed E-state index contributed by atoms with van der Waals surface area (Å²) in [5, 5.41) is 0. The number of carbonyl (C=O) groups excluding carboxylic acids is 2. The first-order chi connectivity index (χ1) is 12.0. The highest BCUT2D eigenvalue weighted by Crippen LogP contribution is 2.22. The zero-order chi connectivity index (χ0) is 18.2. The van der Waals surface area contributed by atoms with Gasteiger partial charge in [0.2, 0.25) is 0 Å². The number of hydrogen-bond donors (Lipinski definition) is 0. The van der Waals surface area contributed by atoms with Gasteiger partial charge in [0.1, 0.15) is 18.1 Å². The molecule has 0 bridgehead atoms. The number of benzene rings is 2. The van der Waals surface area contributed by atoms with Crippen molar-refractivity contribution in [2.24, 2.45) is 0 Å². The van der Waals surface area contributed by atoms with E-state index < -0.39 is 5.97 Å². The van der Waals surface area contributed by atoms with Crippen LogP contribution in [0.5, 0.6) is 11.5 Å². The van der Waals surface area contributed by atoms with Gasteiger partial charge < -0.3 is 14.2 Å². The molecule has 2 rings (SSSR count). The highest BCUT2D eigenvalue weighted by Gasteiger charge is 2.09. The molecule has 0 amide bonds. The Kier molecular flexibility index (Phi) is 6.34. The van der Waals surface area contributed by atoms with E-state index >= 15 is 0 Å². The molecule has 130 valence electrons. The lowest BCUT2D eigenvalue weighted by Crippen LogP contribution is -2.04. The van der Waals surface area contributed by atoms with Gasteiger partial charge in [0.15, 0.2) is 5.78 Å². The number of para-hydroxylation sites is 1. The molecule has 0 aliphatic heterocycles. The van der Waals surface area contributed by atoms with Gasteiger partial charge in [-0.05, 0) is 37.3 Å². The Balaban J connectivity index is 2.06. The van der Waals surface area contributed by atoms with E-state index in [1.165, 1.54) is 20.1 Å². The van der Waals surface area contributed by atoms with Gasteiger partial charge in [-0.3, -0.25) is 4.79 Å². The van der Waals surface area contributed by atoms with Crippen molar-refractivity contribution in [1.29, 1.82) is 0 Å². The van der Waals surface area contributed by atoms with Gasteiger partial charge in [-0.2, -0.15) is 0 Å². The van der Waals surface area contributed by atoms with Crippen LogP contribution in [-0.4, -0.2) is 26.0 Å². The smallest absolute Gasteiger partial charge is 0.331 e. The molecular formula is C20H20O5. The third-order valence-corrected chi connectivity index (χ3v) is 3.59. The van der Waals surface area contributed by atoms with Crippen molar-refractivity contribution in [3.63, 3.8) is 0 Å². The van der Waals surface area contributed by atoms with Crippen LogP contribution in [0.1, 0.15) is 28.4 Å². The third kappa shape index (κ3) is 4.94. The second-order valence-electron chi connectivity index (χ2n) is 5.27. The summed E-state index contributed by atoms with van der Waals surface area (Å²) in [6, 6.07) is 12.4. The molecule has 5 heteroatoms. The van der Waals surface area contributed by atoms with Crippen LogP contribution in [0, 0.1) is 0 Å². The Labute approximate surface area is 146 Å². The summed E-state index contributed by atoms with van der Waals surface area (Å²) in [5.74, 6) is 0.668. The van der Waals surface area contributed by atoms with Crippen molar-refractivity contribution in [1.82, 2.24) is 0 Å². The summed E-state index contributed by atoms with van der Waals surface area (Å²) in [6.45, 7) is 1.49. The Morgan fingerprint density at radius 1 is 1.00 bits per heavy atom. The average Bonchev–Trinajstić information content (AvgIpc) is 2.64. The number of rotatable bonds is 7. The Bertz CT molecular complexity index is 792. The number of Topliss-reactive ketones (excluding diaryl/α,β-unsaturated/α-hetero) is 1. The molecule has 2 aromatic rings.